The third kappa shape index (κ3) is 1.59. The van der Waals surface area contributed by atoms with Gasteiger partial charge in [-0.3, -0.25) is 0 Å². The summed E-state index contributed by atoms with van der Waals surface area (Å²) in [6.07, 6.45) is 2.84. The summed E-state index contributed by atoms with van der Waals surface area (Å²) in [7, 11) is 0. The topological polar surface area (TPSA) is 14.2 Å². The van der Waals surface area contributed by atoms with Crippen LogP contribution < -0.4 is 0 Å². The van der Waals surface area contributed by atoms with Crippen LogP contribution in [0.2, 0.25) is 0 Å². The monoisotopic (exact) mass is 193 g/mol. The maximum absolute atomic E-state index is 5.73. The molecule has 1 aliphatic rings. The summed E-state index contributed by atoms with van der Waals surface area (Å²) in [4.78, 5) is 0. The number of ether oxygens (including phenoxy) is 1. The highest BCUT2D eigenvalue weighted by atomic mass is 16.5. The van der Waals surface area contributed by atoms with Gasteiger partial charge in [0, 0.05) is 18.0 Å². The molecule has 0 aromatic carbocycles. The predicted octanol–water partition coefficient (Wildman–Crippen LogP) is 2.84. The van der Waals surface area contributed by atoms with Crippen LogP contribution >= 0.6 is 0 Å². The van der Waals surface area contributed by atoms with E-state index in [0.29, 0.717) is 12.1 Å². The van der Waals surface area contributed by atoms with Crippen LogP contribution in [0.3, 0.4) is 0 Å². The second-order valence-electron chi connectivity index (χ2n) is 4.28. The van der Waals surface area contributed by atoms with E-state index in [2.05, 4.69) is 37.5 Å². The van der Waals surface area contributed by atoms with Crippen molar-refractivity contribution in [1.82, 2.24) is 4.57 Å². The zero-order chi connectivity index (χ0) is 10.1. The molecule has 14 heavy (non-hydrogen) atoms. The van der Waals surface area contributed by atoms with Crippen LogP contribution in [0.15, 0.2) is 12.1 Å². The average Bonchev–Trinajstić information content (AvgIpc) is 2.75. The van der Waals surface area contributed by atoms with Crippen molar-refractivity contribution < 1.29 is 4.74 Å². The molecule has 0 aliphatic carbocycles. The molecule has 1 aromatic rings. The molecule has 2 nitrogen and oxygen atoms in total. The molecule has 2 heteroatoms. The van der Waals surface area contributed by atoms with E-state index in [1.807, 2.05) is 0 Å². The van der Waals surface area contributed by atoms with E-state index in [1.165, 1.54) is 24.2 Å². The Balaban J connectivity index is 2.21. The van der Waals surface area contributed by atoms with Crippen molar-refractivity contribution in [2.45, 2.75) is 45.8 Å². The van der Waals surface area contributed by atoms with Gasteiger partial charge in [-0.25, -0.2) is 0 Å². The predicted molar refractivity (Wildman–Crippen MR) is 57.6 cm³/mol. The van der Waals surface area contributed by atoms with Gasteiger partial charge in [0.1, 0.15) is 0 Å². The molecule has 1 fully saturated rings. The summed E-state index contributed by atoms with van der Waals surface area (Å²) in [5.41, 5.74) is 2.68. The Morgan fingerprint density at radius 3 is 2.50 bits per heavy atom. The lowest BCUT2D eigenvalue weighted by atomic mass is 10.1. The van der Waals surface area contributed by atoms with Crippen LogP contribution in [-0.4, -0.2) is 17.3 Å². The average molecular weight is 193 g/mol. The van der Waals surface area contributed by atoms with E-state index >= 15 is 0 Å². The highest BCUT2D eigenvalue weighted by molar-refractivity contribution is 5.15. The van der Waals surface area contributed by atoms with Crippen molar-refractivity contribution in [3.05, 3.63) is 23.5 Å². The summed E-state index contributed by atoms with van der Waals surface area (Å²) in [6.45, 7) is 7.53. The van der Waals surface area contributed by atoms with Gasteiger partial charge in [-0.2, -0.15) is 0 Å². The van der Waals surface area contributed by atoms with Crippen LogP contribution in [0.5, 0.6) is 0 Å². The summed E-state index contributed by atoms with van der Waals surface area (Å²) in [6, 6.07) is 4.84. The van der Waals surface area contributed by atoms with Crippen molar-refractivity contribution in [2.75, 3.05) is 6.61 Å². The van der Waals surface area contributed by atoms with Crippen LogP contribution in [0.1, 0.15) is 37.2 Å². The summed E-state index contributed by atoms with van der Waals surface area (Å²) >= 11 is 0. The zero-order valence-corrected chi connectivity index (χ0v) is 9.29. The molecule has 1 aromatic heterocycles. The second-order valence-corrected chi connectivity index (χ2v) is 4.28. The molecule has 0 radical (unpaired) electrons. The Hall–Kier alpha value is -0.760. The molecule has 1 saturated heterocycles. The quantitative estimate of drug-likeness (QED) is 0.704. The van der Waals surface area contributed by atoms with Crippen LogP contribution in [0.4, 0.5) is 0 Å². The Labute approximate surface area is 85.9 Å². The first-order valence-electron chi connectivity index (χ1n) is 5.46. The Morgan fingerprint density at radius 1 is 1.36 bits per heavy atom. The van der Waals surface area contributed by atoms with Gasteiger partial charge < -0.3 is 9.30 Å². The summed E-state index contributed by atoms with van der Waals surface area (Å²) < 4.78 is 8.11. The maximum atomic E-state index is 5.73. The minimum atomic E-state index is 0.416. The lowest BCUT2D eigenvalue weighted by Gasteiger charge is -2.23. The molecule has 78 valence electrons. The normalized spacial score (nSPS) is 24.1. The fourth-order valence-corrected chi connectivity index (χ4v) is 2.47. The fourth-order valence-electron chi connectivity index (χ4n) is 2.47. The van der Waals surface area contributed by atoms with Crippen molar-refractivity contribution in [2.24, 2.45) is 0 Å². The van der Waals surface area contributed by atoms with Gasteiger partial charge in [-0.05, 0) is 45.7 Å². The first-order chi connectivity index (χ1) is 6.70. The molecule has 0 amide bonds. The summed E-state index contributed by atoms with van der Waals surface area (Å²) in [5, 5.41) is 0. The van der Waals surface area contributed by atoms with E-state index in [-0.39, 0.29) is 0 Å². The van der Waals surface area contributed by atoms with Crippen LogP contribution in [0, 0.1) is 13.8 Å². The molecular weight excluding hydrogens is 174 g/mol. The van der Waals surface area contributed by atoms with Crippen LogP contribution in [-0.2, 0) is 4.74 Å². The lowest BCUT2D eigenvalue weighted by Crippen LogP contribution is -2.22. The SMILES string of the molecule is Cc1ccc(C)n1C(C)C1CCCO1. The Bertz CT molecular complexity index is 291. The molecule has 2 atom stereocenters. The van der Waals surface area contributed by atoms with E-state index in [9.17, 15) is 0 Å². The Kier molecular flexibility index (Phi) is 2.64. The minimum absolute atomic E-state index is 0.416. The molecule has 0 spiro atoms. The first kappa shape index (κ1) is 9.78. The third-order valence-corrected chi connectivity index (χ3v) is 3.24. The van der Waals surface area contributed by atoms with Gasteiger partial charge in [-0.1, -0.05) is 0 Å². The molecule has 2 unspecified atom stereocenters. The molecule has 0 bridgehead atoms. The maximum Gasteiger partial charge on any atom is 0.0780 e. The van der Waals surface area contributed by atoms with Crippen molar-refractivity contribution in [3.8, 4) is 0 Å². The highest BCUT2D eigenvalue weighted by Gasteiger charge is 2.24. The third-order valence-electron chi connectivity index (χ3n) is 3.24. The minimum Gasteiger partial charge on any atom is -0.376 e. The second kappa shape index (κ2) is 3.77. The number of rotatable bonds is 2. The lowest BCUT2D eigenvalue weighted by molar-refractivity contribution is 0.0722. The highest BCUT2D eigenvalue weighted by Crippen LogP contribution is 2.26. The number of aromatic nitrogens is 1. The molecule has 0 N–H and O–H groups in total. The van der Waals surface area contributed by atoms with Gasteiger partial charge in [-0.15, -0.1) is 0 Å². The van der Waals surface area contributed by atoms with Gasteiger partial charge in [0.15, 0.2) is 0 Å². The van der Waals surface area contributed by atoms with E-state index < -0.39 is 0 Å². The van der Waals surface area contributed by atoms with Crippen LogP contribution in [0.25, 0.3) is 0 Å². The van der Waals surface area contributed by atoms with E-state index in [4.69, 9.17) is 4.74 Å². The van der Waals surface area contributed by atoms with Gasteiger partial charge in [0.2, 0.25) is 0 Å². The molecule has 2 rings (SSSR count). The van der Waals surface area contributed by atoms with Gasteiger partial charge >= 0.3 is 0 Å². The fraction of sp³-hybridized carbons (Fsp3) is 0.667. The van der Waals surface area contributed by atoms with Gasteiger partial charge in [0.25, 0.3) is 0 Å². The number of aryl methyl sites for hydroxylation is 2. The number of hydrogen-bond acceptors (Lipinski definition) is 1. The van der Waals surface area contributed by atoms with Crippen molar-refractivity contribution >= 4 is 0 Å². The number of nitrogens with zero attached hydrogens (tertiary/aromatic N) is 1. The van der Waals surface area contributed by atoms with Crippen molar-refractivity contribution in [1.29, 1.82) is 0 Å². The van der Waals surface area contributed by atoms with Gasteiger partial charge in [0.05, 0.1) is 12.1 Å². The Morgan fingerprint density at radius 2 is 2.00 bits per heavy atom. The largest absolute Gasteiger partial charge is 0.376 e. The molecule has 0 saturated carbocycles. The zero-order valence-electron chi connectivity index (χ0n) is 9.29. The van der Waals surface area contributed by atoms with E-state index in [1.54, 1.807) is 0 Å². The molecule has 2 heterocycles. The van der Waals surface area contributed by atoms with Crippen molar-refractivity contribution in [3.63, 3.8) is 0 Å². The molecule has 1 aliphatic heterocycles. The van der Waals surface area contributed by atoms with E-state index in [0.717, 1.165) is 6.61 Å². The number of hydrogen-bond donors (Lipinski definition) is 0. The smallest absolute Gasteiger partial charge is 0.0780 e. The first-order valence-corrected chi connectivity index (χ1v) is 5.46. The standard InChI is InChI=1S/C12H19NO/c1-9-6-7-10(2)13(9)11(3)12-5-4-8-14-12/h6-7,11-12H,4-5,8H2,1-3H3. The molecular formula is C12H19NO. The summed E-state index contributed by atoms with van der Waals surface area (Å²) in [5.74, 6) is 0.